The predicted octanol–water partition coefficient (Wildman–Crippen LogP) is 1.93. The lowest BCUT2D eigenvalue weighted by Gasteiger charge is -2.32. The van der Waals surface area contributed by atoms with Gasteiger partial charge in [0.25, 0.3) is 11.7 Å². The van der Waals surface area contributed by atoms with Gasteiger partial charge in [0.2, 0.25) is 0 Å². The van der Waals surface area contributed by atoms with E-state index in [4.69, 9.17) is 4.74 Å². The van der Waals surface area contributed by atoms with Crippen LogP contribution in [0, 0.1) is 6.92 Å². The average molecular weight is 326 g/mol. The maximum atomic E-state index is 12.6. The summed E-state index contributed by atoms with van der Waals surface area (Å²) in [6.45, 7) is 6.92. The highest BCUT2D eigenvalue weighted by molar-refractivity contribution is 5.81. The second kappa shape index (κ2) is 7.34. The minimum absolute atomic E-state index is 0.0484. The van der Waals surface area contributed by atoms with E-state index >= 15 is 0 Å². The van der Waals surface area contributed by atoms with Gasteiger partial charge in [-0.1, -0.05) is 23.8 Å². The minimum Gasteiger partial charge on any atom is -0.481 e. The molecule has 24 heavy (non-hydrogen) atoms. The normalized spacial score (nSPS) is 15.9. The Hall–Kier alpha value is -2.56. The molecule has 0 spiro atoms. The van der Waals surface area contributed by atoms with Crippen molar-refractivity contribution in [1.82, 2.24) is 4.90 Å². The molecule has 1 N–H and O–H groups in total. The van der Waals surface area contributed by atoms with Gasteiger partial charge in [0.05, 0.1) is 19.3 Å². The second-order valence-corrected chi connectivity index (χ2v) is 6.13. The van der Waals surface area contributed by atoms with Crippen LogP contribution in [-0.4, -0.2) is 43.1 Å². The summed E-state index contributed by atoms with van der Waals surface area (Å²) in [5, 5.41) is 0. The number of carbonyl (C=O) groups excluding carboxylic acids is 1. The van der Waals surface area contributed by atoms with Crippen LogP contribution in [0.4, 0.5) is 5.82 Å². The van der Waals surface area contributed by atoms with Crippen molar-refractivity contribution in [1.29, 1.82) is 0 Å². The molecule has 1 aliphatic heterocycles. The Kier molecular flexibility index (Phi) is 4.99. The molecule has 2 heterocycles. The fourth-order valence-electron chi connectivity index (χ4n) is 2.88. The Labute approximate surface area is 142 Å². The van der Waals surface area contributed by atoms with Gasteiger partial charge in [-0.3, -0.25) is 9.69 Å². The van der Waals surface area contributed by atoms with E-state index in [1.165, 1.54) is 5.56 Å². The number of H-pyrrole nitrogens is 1. The number of aromatic nitrogens is 1. The second-order valence-electron chi connectivity index (χ2n) is 6.13. The Morgan fingerprint density at radius 1 is 1.08 bits per heavy atom. The molecule has 0 aliphatic carbocycles. The van der Waals surface area contributed by atoms with Gasteiger partial charge >= 0.3 is 0 Å². The van der Waals surface area contributed by atoms with Gasteiger partial charge in [0.15, 0.2) is 6.10 Å². The van der Waals surface area contributed by atoms with Crippen LogP contribution >= 0.6 is 0 Å². The molecule has 0 radical (unpaired) electrons. The van der Waals surface area contributed by atoms with Gasteiger partial charge in [-0.15, -0.1) is 0 Å². The number of aryl methyl sites for hydroxylation is 1. The van der Waals surface area contributed by atoms with Crippen molar-refractivity contribution in [2.75, 3.05) is 31.1 Å². The van der Waals surface area contributed by atoms with Crippen LogP contribution < -0.4 is 14.6 Å². The number of pyridine rings is 1. The first-order valence-electron chi connectivity index (χ1n) is 8.37. The molecule has 1 aliphatic rings. The van der Waals surface area contributed by atoms with Crippen LogP contribution in [0.5, 0.6) is 5.75 Å². The van der Waals surface area contributed by atoms with Crippen LogP contribution in [0.25, 0.3) is 0 Å². The van der Waals surface area contributed by atoms with E-state index in [1.54, 1.807) is 0 Å². The fraction of sp³-hybridized carbons (Fsp3) is 0.368. The van der Waals surface area contributed by atoms with Crippen LogP contribution in [0.1, 0.15) is 12.5 Å². The number of rotatable bonds is 4. The minimum atomic E-state index is -0.470. The summed E-state index contributed by atoms with van der Waals surface area (Å²) in [5.74, 6) is 1.87. The Morgan fingerprint density at radius 3 is 2.42 bits per heavy atom. The van der Waals surface area contributed by atoms with Crippen molar-refractivity contribution in [2.24, 2.45) is 0 Å². The van der Waals surface area contributed by atoms with E-state index in [9.17, 15) is 4.79 Å². The number of carbonyl (C=O) groups is 1. The van der Waals surface area contributed by atoms with E-state index < -0.39 is 6.10 Å². The zero-order valence-electron chi connectivity index (χ0n) is 14.2. The van der Waals surface area contributed by atoms with Crippen molar-refractivity contribution in [3.8, 4) is 5.75 Å². The maximum Gasteiger partial charge on any atom is 0.274 e. The predicted molar refractivity (Wildman–Crippen MR) is 93.1 cm³/mol. The monoisotopic (exact) mass is 326 g/mol. The molecule has 1 aromatic heterocycles. The molecule has 3 rings (SSSR count). The number of aromatic amines is 1. The number of benzene rings is 1. The van der Waals surface area contributed by atoms with Crippen molar-refractivity contribution in [2.45, 2.75) is 20.0 Å². The largest absolute Gasteiger partial charge is 0.481 e. The fourth-order valence-corrected chi connectivity index (χ4v) is 2.88. The van der Waals surface area contributed by atoms with E-state index in [0.29, 0.717) is 13.1 Å². The van der Waals surface area contributed by atoms with Gasteiger partial charge in [0, 0.05) is 6.07 Å². The van der Waals surface area contributed by atoms with Crippen LogP contribution in [0.15, 0.2) is 48.7 Å². The zero-order chi connectivity index (χ0) is 16.9. The number of nitrogens with one attached hydrogen (secondary N) is 1. The summed E-state index contributed by atoms with van der Waals surface area (Å²) in [7, 11) is 0. The number of ether oxygens (including phenoxy) is 1. The molecular weight excluding hydrogens is 302 g/mol. The third-order valence-corrected chi connectivity index (χ3v) is 4.31. The molecule has 1 aromatic carbocycles. The Balaban J connectivity index is 1.53. The van der Waals surface area contributed by atoms with Crippen molar-refractivity contribution < 1.29 is 14.5 Å². The third-order valence-electron chi connectivity index (χ3n) is 4.31. The highest BCUT2D eigenvalue weighted by atomic mass is 16.5. The molecule has 0 bridgehead atoms. The lowest BCUT2D eigenvalue weighted by molar-refractivity contribution is -0.364. The number of hydrogen-bond donors (Lipinski definition) is 0. The Bertz CT molecular complexity index is 665. The summed E-state index contributed by atoms with van der Waals surface area (Å²) in [5.41, 5.74) is 1.18. The third kappa shape index (κ3) is 3.85. The van der Waals surface area contributed by atoms with Crippen molar-refractivity contribution in [3.05, 3.63) is 54.2 Å². The molecule has 126 valence electrons. The van der Waals surface area contributed by atoms with Crippen LogP contribution in [-0.2, 0) is 4.79 Å². The smallest absolute Gasteiger partial charge is 0.274 e. The van der Waals surface area contributed by atoms with Gasteiger partial charge in [0.1, 0.15) is 18.8 Å². The van der Waals surface area contributed by atoms with Gasteiger partial charge in [-0.25, -0.2) is 4.98 Å². The molecule has 5 heteroatoms. The SMILES string of the molecule is Cc1ccc(O[C@H](C)C(=O)N2CCN(c3cccc[nH+]3)CC2)cc1. The van der Waals surface area contributed by atoms with E-state index in [0.717, 1.165) is 24.7 Å². The molecule has 2 aromatic rings. The number of amides is 1. The summed E-state index contributed by atoms with van der Waals surface area (Å²) in [6, 6.07) is 13.8. The summed E-state index contributed by atoms with van der Waals surface area (Å²) < 4.78 is 5.78. The Morgan fingerprint density at radius 2 is 1.79 bits per heavy atom. The van der Waals surface area contributed by atoms with Gasteiger partial charge < -0.3 is 9.64 Å². The molecule has 1 atom stereocenters. The highest BCUT2D eigenvalue weighted by Crippen LogP contribution is 2.16. The first kappa shape index (κ1) is 16.3. The molecule has 0 saturated carbocycles. The van der Waals surface area contributed by atoms with Crippen LogP contribution in [0.2, 0.25) is 0 Å². The number of nitrogens with zero attached hydrogens (tertiary/aromatic N) is 2. The van der Waals surface area contributed by atoms with E-state index in [2.05, 4.69) is 16.0 Å². The highest BCUT2D eigenvalue weighted by Gasteiger charge is 2.29. The van der Waals surface area contributed by atoms with E-state index in [1.807, 2.05) is 61.3 Å². The molecule has 1 saturated heterocycles. The molecule has 1 amide bonds. The lowest BCUT2D eigenvalue weighted by Crippen LogP contribution is -2.52. The topological polar surface area (TPSA) is 46.9 Å². The number of piperazine rings is 1. The van der Waals surface area contributed by atoms with Crippen molar-refractivity contribution >= 4 is 11.7 Å². The average Bonchev–Trinajstić information content (AvgIpc) is 2.64. The molecular formula is C19H24N3O2+. The number of anilines is 1. The molecule has 1 fully saturated rings. The van der Waals surface area contributed by atoms with Crippen molar-refractivity contribution in [3.63, 3.8) is 0 Å². The zero-order valence-corrected chi connectivity index (χ0v) is 14.2. The summed E-state index contributed by atoms with van der Waals surface area (Å²) >= 11 is 0. The first-order chi connectivity index (χ1) is 11.6. The number of hydrogen-bond acceptors (Lipinski definition) is 3. The molecule has 0 unspecified atom stereocenters. The van der Waals surface area contributed by atoms with Crippen LogP contribution in [0.3, 0.4) is 0 Å². The summed E-state index contributed by atoms with van der Waals surface area (Å²) in [6.07, 6.45) is 1.45. The first-order valence-corrected chi connectivity index (χ1v) is 8.37. The molecule has 5 nitrogen and oxygen atoms in total. The lowest BCUT2D eigenvalue weighted by atomic mass is 10.2. The maximum absolute atomic E-state index is 12.6. The van der Waals surface area contributed by atoms with Gasteiger partial charge in [-0.2, -0.15) is 0 Å². The van der Waals surface area contributed by atoms with E-state index in [-0.39, 0.29) is 5.91 Å². The quantitative estimate of drug-likeness (QED) is 0.862. The summed E-state index contributed by atoms with van der Waals surface area (Å²) in [4.78, 5) is 20.0. The standard InChI is InChI=1S/C19H23N3O2/c1-15-6-8-17(9-7-15)24-16(2)19(23)22-13-11-21(12-14-22)18-5-3-4-10-20-18/h3-10,16H,11-14H2,1-2H3/p+1/t16-/m1/s1. The van der Waals surface area contributed by atoms with Gasteiger partial charge in [-0.05, 0) is 32.0 Å².